The van der Waals surface area contributed by atoms with Crippen LogP contribution in [-0.2, 0) is 10.9 Å². The van der Waals surface area contributed by atoms with Gasteiger partial charge in [-0.15, -0.1) is 0 Å². The molecule has 10 heteroatoms. The van der Waals surface area contributed by atoms with Crippen molar-refractivity contribution >= 4 is 17.5 Å². The Morgan fingerprint density at radius 1 is 0.942 bits per heavy atom. The van der Waals surface area contributed by atoms with Crippen LogP contribution in [0.4, 0.5) is 23.7 Å². The number of para-hydroxylation sites is 1. The van der Waals surface area contributed by atoms with Gasteiger partial charge in [-0.2, -0.15) is 13.2 Å². The fraction of sp³-hybridized carbons (Fsp3) is 0.571. The van der Waals surface area contributed by atoms with E-state index < -0.39 is 45.5 Å². The van der Waals surface area contributed by atoms with Crippen LogP contribution in [-0.4, -0.2) is 64.4 Å². The molecule has 3 N–H and O–H groups in total. The summed E-state index contributed by atoms with van der Waals surface area (Å²) in [6.45, 7) is 5.41. The van der Waals surface area contributed by atoms with E-state index in [9.17, 15) is 33.0 Å². The topological polar surface area (TPSA) is 99.1 Å². The number of carbonyl (C=O) groups excluding carboxylic acids is 2. The van der Waals surface area contributed by atoms with Crippen molar-refractivity contribution in [2.45, 2.75) is 95.6 Å². The molecule has 0 radical (unpaired) electrons. The Kier molecular flexibility index (Phi) is 8.40. The monoisotopic (exact) mass is 718 g/mol. The number of nitrogens with one attached hydrogen (secondary N) is 1. The van der Waals surface area contributed by atoms with Crippen LogP contribution in [0.3, 0.4) is 0 Å². The first kappa shape index (κ1) is 35.6. The van der Waals surface area contributed by atoms with Gasteiger partial charge in [-0.3, -0.25) is 4.79 Å². The molecule has 9 rings (SSSR count). The number of aliphatic hydroxyl groups excluding tert-OH is 1. The third-order valence-electron chi connectivity index (χ3n) is 14.6. The van der Waals surface area contributed by atoms with Crippen molar-refractivity contribution in [3.8, 4) is 0 Å². The smallest absolute Gasteiger partial charge is 0.393 e. The Morgan fingerprint density at radius 3 is 2.40 bits per heavy atom. The summed E-state index contributed by atoms with van der Waals surface area (Å²) in [5.74, 6) is -0.661. The number of benzene rings is 2. The van der Waals surface area contributed by atoms with Crippen LogP contribution >= 0.6 is 0 Å². The van der Waals surface area contributed by atoms with Gasteiger partial charge in [-0.05, 0) is 99.3 Å². The zero-order chi connectivity index (χ0) is 36.7. The van der Waals surface area contributed by atoms with Crippen molar-refractivity contribution in [2.75, 3.05) is 25.0 Å². The highest BCUT2D eigenvalue weighted by Gasteiger charge is 2.74. The van der Waals surface area contributed by atoms with E-state index in [0.717, 1.165) is 31.4 Å². The van der Waals surface area contributed by atoms with Crippen molar-refractivity contribution in [2.24, 2.45) is 33.5 Å². The molecule has 9 atom stereocenters. The lowest BCUT2D eigenvalue weighted by molar-refractivity contribution is -0.175. The van der Waals surface area contributed by atoms with E-state index in [-0.39, 0.29) is 41.5 Å². The summed E-state index contributed by atoms with van der Waals surface area (Å²) in [7, 11) is 0. The largest absolute Gasteiger partial charge is 0.416 e. The molecular weight excluding hydrogens is 669 g/mol. The van der Waals surface area contributed by atoms with E-state index >= 15 is 0 Å². The van der Waals surface area contributed by atoms with E-state index in [1.807, 2.05) is 36.4 Å². The Labute approximate surface area is 303 Å². The number of fused-ring (bicyclic) bond motifs is 1. The number of allylic oxidation sites excluding steroid dienone is 4. The van der Waals surface area contributed by atoms with Gasteiger partial charge in [0.1, 0.15) is 0 Å². The number of alkyl halides is 3. The second-order valence-corrected chi connectivity index (χ2v) is 17.0. The molecule has 2 spiro atoms. The minimum atomic E-state index is -4.60. The Bertz CT molecular complexity index is 1810. The van der Waals surface area contributed by atoms with Gasteiger partial charge in [0.25, 0.3) is 0 Å². The summed E-state index contributed by atoms with van der Waals surface area (Å²) in [6, 6.07) is 13.6. The zero-order valence-electron chi connectivity index (χ0n) is 29.9. The molecule has 1 heterocycles. The van der Waals surface area contributed by atoms with Gasteiger partial charge in [0.2, 0.25) is 0 Å². The first-order valence-corrected chi connectivity index (χ1v) is 18.9. The molecule has 4 fully saturated rings. The second kappa shape index (κ2) is 12.3. The Hall–Kier alpha value is -3.47. The predicted octanol–water partition coefficient (Wildman–Crippen LogP) is 8.19. The number of urea groups is 1. The van der Waals surface area contributed by atoms with Gasteiger partial charge < -0.3 is 25.2 Å². The summed E-state index contributed by atoms with van der Waals surface area (Å²) in [6.07, 6.45) is 6.98. The molecule has 2 aromatic rings. The first-order chi connectivity index (χ1) is 24.6. The number of Topliss-reactive ketones (excluding diaryl/α,β-unsaturated/α-hetero) is 1. The minimum Gasteiger partial charge on any atom is -0.393 e. The number of carbonyl (C=O) groups is 2. The number of rotatable bonds is 7. The number of ketones is 1. The van der Waals surface area contributed by atoms with Crippen molar-refractivity contribution in [3.05, 3.63) is 89.5 Å². The first-order valence-electron chi connectivity index (χ1n) is 18.9. The average Bonchev–Trinajstić information content (AvgIpc) is 3.73. The van der Waals surface area contributed by atoms with Crippen LogP contribution in [0.5, 0.6) is 0 Å². The van der Waals surface area contributed by atoms with Crippen LogP contribution in [0.1, 0.15) is 87.6 Å². The minimum absolute atomic E-state index is 0.00883. The molecule has 3 saturated carbocycles. The van der Waals surface area contributed by atoms with Gasteiger partial charge in [-0.25, -0.2) is 4.79 Å². The SMILES string of the molecule is CC12CCC(O)CC13C=CC1(C(C(=O)c4cccc(C(F)(F)F)c4)=C3)C2CCC2(C)C1CCC2(O)CN(CC1CCCO1)C(=O)Nc1ccccc1. The summed E-state index contributed by atoms with van der Waals surface area (Å²) in [5, 5.41) is 26.9. The lowest BCUT2D eigenvalue weighted by Gasteiger charge is -2.71. The molecule has 52 heavy (non-hydrogen) atoms. The molecule has 7 nitrogen and oxygen atoms in total. The Morgan fingerprint density at radius 2 is 1.67 bits per heavy atom. The molecule has 2 aromatic carbocycles. The highest BCUT2D eigenvalue weighted by molar-refractivity contribution is 6.10. The number of nitrogens with zero attached hydrogens (tertiary/aromatic N) is 1. The lowest BCUT2D eigenvalue weighted by atomic mass is 9.32. The standard InChI is InChI=1S/C42H49F3N2O5/c1-37-16-13-30(48)23-39(37)19-20-41(32(24-39)35(49)27-8-6-9-28(22-27)42(43,44)45)33(37)14-17-38(2)34(41)15-18-40(38,51)26-47(25-31-12-7-21-52-31)36(50)46-29-10-4-3-5-11-29/h3-6,8-11,19-20,22,24,30-31,33-34,48,51H,7,12-18,21,23,25-26H2,1-2H3,(H,46,50). The fourth-order valence-corrected chi connectivity index (χ4v) is 11.9. The van der Waals surface area contributed by atoms with Crippen LogP contribution in [0.2, 0.25) is 0 Å². The van der Waals surface area contributed by atoms with Crippen LogP contribution in [0, 0.1) is 33.5 Å². The molecule has 6 aliphatic carbocycles. The lowest BCUT2D eigenvalue weighted by Crippen LogP contribution is -2.67. The maximum atomic E-state index is 14.8. The number of hydrogen-bond acceptors (Lipinski definition) is 5. The average molecular weight is 719 g/mol. The van der Waals surface area contributed by atoms with Crippen LogP contribution < -0.4 is 5.32 Å². The predicted molar refractivity (Wildman–Crippen MR) is 190 cm³/mol. The quantitative estimate of drug-likeness (QED) is 0.198. The van der Waals surface area contributed by atoms with E-state index in [2.05, 4.69) is 31.3 Å². The zero-order valence-corrected chi connectivity index (χ0v) is 29.9. The second-order valence-electron chi connectivity index (χ2n) is 17.0. The van der Waals surface area contributed by atoms with Gasteiger partial charge in [0.15, 0.2) is 5.78 Å². The molecule has 1 aliphatic heterocycles. The maximum Gasteiger partial charge on any atom is 0.416 e. The molecule has 2 bridgehead atoms. The third-order valence-corrected chi connectivity index (χ3v) is 14.6. The molecule has 7 aliphatic rings. The molecule has 278 valence electrons. The van der Waals surface area contributed by atoms with Crippen LogP contribution in [0.25, 0.3) is 0 Å². The van der Waals surface area contributed by atoms with E-state index in [4.69, 9.17) is 4.74 Å². The number of amides is 2. The normalized spacial score (nSPS) is 38.9. The van der Waals surface area contributed by atoms with E-state index in [1.165, 1.54) is 12.1 Å². The molecule has 9 unspecified atom stereocenters. The summed E-state index contributed by atoms with van der Waals surface area (Å²) in [5.41, 5.74) is -3.52. The summed E-state index contributed by atoms with van der Waals surface area (Å²) in [4.78, 5) is 30.4. The summed E-state index contributed by atoms with van der Waals surface area (Å²) >= 11 is 0. The number of halogens is 3. The number of anilines is 1. The molecule has 2 amide bonds. The fourth-order valence-electron chi connectivity index (χ4n) is 11.9. The summed E-state index contributed by atoms with van der Waals surface area (Å²) < 4.78 is 47.6. The van der Waals surface area contributed by atoms with Crippen molar-refractivity contribution in [1.29, 1.82) is 0 Å². The number of ether oxygens (including phenoxy) is 1. The van der Waals surface area contributed by atoms with Crippen LogP contribution in [0.15, 0.2) is 78.4 Å². The molecular formula is C42H49F3N2O5. The van der Waals surface area contributed by atoms with Gasteiger partial charge in [0, 0.05) is 46.2 Å². The number of aliphatic hydroxyl groups is 2. The van der Waals surface area contributed by atoms with Crippen molar-refractivity contribution < 1.29 is 37.7 Å². The van der Waals surface area contributed by atoms with Crippen molar-refractivity contribution in [3.63, 3.8) is 0 Å². The number of hydrogen-bond donors (Lipinski definition) is 3. The highest BCUT2D eigenvalue weighted by atomic mass is 19.4. The van der Waals surface area contributed by atoms with Gasteiger partial charge >= 0.3 is 12.2 Å². The van der Waals surface area contributed by atoms with Gasteiger partial charge in [-0.1, -0.05) is 62.4 Å². The molecule has 0 aromatic heterocycles. The maximum absolute atomic E-state index is 14.8. The van der Waals surface area contributed by atoms with E-state index in [0.29, 0.717) is 62.9 Å². The Balaban J connectivity index is 1.19. The van der Waals surface area contributed by atoms with Gasteiger partial charge in [0.05, 0.1) is 29.9 Å². The van der Waals surface area contributed by atoms with E-state index in [1.54, 1.807) is 4.90 Å². The molecule has 1 saturated heterocycles. The highest BCUT2D eigenvalue weighted by Crippen LogP contribution is 2.78. The third kappa shape index (κ3) is 5.25. The van der Waals surface area contributed by atoms with Crippen molar-refractivity contribution in [1.82, 2.24) is 4.90 Å².